The van der Waals surface area contributed by atoms with Gasteiger partial charge >= 0.3 is 6.18 Å². The number of piperidine rings is 1. The molecule has 0 radical (unpaired) electrons. The van der Waals surface area contributed by atoms with Gasteiger partial charge in [-0.15, -0.1) is 0 Å². The van der Waals surface area contributed by atoms with Crippen LogP contribution in [0.5, 0.6) is 0 Å². The standard InChI is InChI=1S/C32H27F3N6O3S2/c33-32(34,35)23-3-1-2-22(17-23)29(42)41-31-40-27-11-6-20(16-28(27)45-31)4-5-21-18-37-30(38-19-21)39-24-7-9-25(10-8-24)46(43,44)26-12-14-36-15-13-26/h1-11,16-19,26,36H,12-15H2,(H,37,38,39)(H,40,41,42). The molecule has 2 aromatic heterocycles. The van der Waals surface area contributed by atoms with Crippen LogP contribution in [-0.2, 0) is 16.0 Å². The quantitative estimate of drug-likeness (QED) is 0.166. The van der Waals surface area contributed by atoms with Crippen LogP contribution < -0.4 is 16.0 Å². The van der Waals surface area contributed by atoms with E-state index in [4.69, 9.17) is 0 Å². The molecule has 0 atom stereocenters. The highest BCUT2D eigenvalue weighted by Crippen LogP contribution is 2.31. The van der Waals surface area contributed by atoms with Crippen molar-refractivity contribution in [1.82, 2.24) is 20.3 Å². The number of fused-ring (bicyclic) bond motifs is 1. The first kappa shape index (κ1) is 31.3. The van der Waals surface area contributed by atoms with Crippen molar-refractivity contribution in [2.24, 2.45) is 0 Å². The predicted molar refractivity (Wildman–Crippen MR) is 173 cm³/mol. The van der Waals surface area contributed by atoms with E-state index in [2.05, 4.69) is 30.9 Å². The van der Waals surface area contributed by atoms with Crippen molar-refractivity contribution in [1.29, 1.82) is 0 Å². The van der Waals surface area contributed by atoms with Gasteiger partial charge in [0.2, 0.25) is 5.95 Å². The molecule has 0 saturated carbocycles. The fourth-order valence-electron chi connectivity index (χ4n) is 4.94. The molecule has 0 aliphatic carbocycles. The minimum Gasteiger partial charge on any atom is -0.324 e. The lowest BCUT2D eigenvalue weighted by Crippen LogP contribution is -2.35. The second-order valence-electron chi connectivity index (χ2n) is 10.6. The number of rotatable bonds is 8. The number of amides is 1. The summed E-state index contributed by atoms with van der Waals surface area (Å²) < 4.78 is 65.7. The molecule has 46 heavy (non-hydrogen) atoms. The lowest BCUT2D eigenvalue weighted by atomic mass is 10.1. The number of anilines is 3. The monoisotopic (exact) mass is 664 g/mol. The van der Waals surface area contributed by atoms with Gasteiger partial charge in [0.05, 0.1) is 25.9 Å². The second-order valence-corrected chi connectivity index (χ2v) is 13.9. The largest absolute Gasteiger partial charge is 0.416 e. The molecule has 1 aliphatic heterocycles. The number of carbonyl (C=O) groups excluding carboxylic acids is 1. The summed E-state index contributed by atoms with van der Waals surface area (Å²) in [6.07, 6.45) is 3.66. The van der Waals surface area contributed by atoms with Crippen molar-refractivity contribution < 1.29 is 26.4 Å². The van der Waals surface area contributed by atoms with E-state index in [1.807, 2.05) is 24.3 Å². The van der Waals surface area contributed by atoms with E-state index in [1.54, 1.807) is 42.7 Å². The third kappa shape index (κ3) is 7.25. The molecular formula is C32H27F3N6O3S2. The topological polar surface area (TPSA) is 126 Å². The average molecular weight is 665 g/mol. The van der Waals surface area contributed by atoms with Gasteiger partial charge in [0.25, 0.3) is 5.91 Å². The van der Waals surface area contributed by atoms with Gasteiger partial charge < -0.3 is 10.6 Å². The average Bonchev–Trinajstić information content (AvgIpc) is 3.46. The maximum Gasteiger partial charge on any atom is 0.416 e. The molecule has 1 aliphatic rings. The van der Waals surface area contributed by atoms with Crippen LogP contribution in [0.15, 0.2) is 84.0 Å². The van der Waals surface area contributed by atoms with Crippen LogP contribution in [0, 0.1) is 0 Å². The number of aromatic nitrogens is 3. The number of nitrogens with one attached hydrogen (secondary N) is 3. The fourth-order valence-corrected chi connectivity index (χ4v) is 7.61. The van der Waals surface area contributed by atoms with E-state index in [1.165, 1.54) is 23.5 Å². The van der Waals surface area contributed by atoms with E-state index in [0.717, 1.165) is 28.0 Å². The number of hydrogen-bond donors (Lipinski definition) is 3. The maximum atomic E-state index is 13.0. The lowest BCUT2D eigenvalue weighted by molar-refractivity contribution is -0.137. The first-order chi connectivity index (χ1) is 22.0. The van der Waals surface area contributed by atoms with E-state index in [9.17, 15) is 26.4 Å². The summed E-state index contributed by atoms with van der Waals surface area (Å²) in [7, 11) is -3.38. The molecule has 1 amide bonds. The predicted octanol–water partition coefficient (Wildman–Crippen LogP) is 6.80. The zero-order valence-electron chi connectivity index (χ0n) is 24.1. The molecular weight excluding hydrogens is 638 g/mol. The van der Waals surface area contributed by atoms with E-state index < -0.39 is 27.5 Å². The van der Waals surface area contributed by atoms with Gasteiger partial charge in [-0.05, 0) is 86.1 Å². The molecule has 0 spiro atoms. The van der Waals surface area contributed by atoms with Crippen LogP contribution in [0.4, 0.5) is 29.9 Å². The Morgan fingerprint density at radius 2 is 1.65 bits per heavy atom. The zero-order chi connectivity index (χ0) is 32.3. The molecule has 3 aromatic carbocycles. The second kappa shape index (κ2) is 13.0. The van der Waals surface area contributed by atoms with Gasteiger partial charge in [0.15, 0.2) is 15.0 Å². The Hall–Kier alpha value is -4.66. The fraction of sp³-hybridized carbons (Fsp3) is 0.188. The Labute approximate surface area is 266 Å². The summed E-state index contributed by atoms with van der Waals surface area (Å²) in [5.41, 5.74) is 1.89. The Morgan fingerprint density at radius 3 is 2.37 bits per heavy atom. The molecule has 6 rings (SSSR count). The molecule has 0 bridgehead atoms. The van der Waals surface area contributed by atoms with Crippen LogP contribution in [0.25, 0.3) is 22.4 Å². The molecule has 1 saturated heterocycles. The Balaban J connectivity index is 1.07. The van der Waals surface area contributed by atoms with Crippen molar-refractivity contribution in [3.8, 4) is 0 Å². The number of alkyl halides is 3. The third-order valence-corrected chi connectivity index (χ3v) is 10.6. The molecule has 3 heterocycles. The highest BCUT2D eigenvalue weighted by Gasteiger charge is 2.31. The van der Waals surface area contributed by atoms with Crippen molar-refractivity contribution in [3.63, 3.8) is 0 Å². The molecule has 236 valence electrons. The van der Waals surface area contributed by atoms with Crippen LogP contribution in [0.2, 0.25) is 0 Å². The number of carbonyl (C=O) groups is 1. The summed E-state index contributed by atoms with van der Waals surface area (Å²) in [5.74, 6) is -0.322. The third-order valence-electron chi connectivity index (χ3n) is 7.39. The minimum atomic E-state index is -4.55. The van der Waals surface area contributed by atoms with Gasteiger partial charge in [-0.25, -0.2) is 23.4 Å². The van der Waals surface area contributed by atoms with Crippen molar-refractivity contribution >= 4 is 66.2 Å². The molecule has 1 fully saturated rings. The van der Waals surface area contributed by atoms with Gasteiger partial charge in [-0.1, -0.05) is 35.6 Å². The van der Waals surface area contributed by atoms with Gasteiger partial charge in [0.1, 0.15) is 0 Å². The molecule has 9 nitrogen and oxygen atoms in total. The first-order valence-corrected chi connectivity index (χ1v) is 16.6. The summed E-state index contributed by atoms with van der Waals surface area (Å²) >= 11 is 1.21. The summed E-state index contributed by atoms with van der Waals surface area (Å²) in [6.45, 7) is 1.40. The SMILES string of the molecule is O=C(Nc1nc2ccc(C=Cc3cnc(Nc4ccc(S(=O)(=O)C5CCNCC5)cc4)nc3)cc2s1)c1cccc(C(F)(F)F)c1. The van der Waals surface area contributed by atoms with Crippen LogP contribution >= 0.6 is 11.3 Å². The Bertz CT molecular complexity index is 2010. The van der Waals surface area contributed by atoms with Gasteiger partial charge in [0, 0.05) is 29.2 Å². The van der Waals surface area contributed by atoms with Crippen LogP contribution in [0.1, 0.15) is 39.9 Å². The van der Waals surface area contributed by atoms with E-state index in [0.29, 0.717) is 48.0 Å². The minimum absolute atomic E-state index is 0.113. The van der Waals surface area contributed by atoms with Crippen molar-refractivity contribution in [3.05, 3.63) is 101 Å². The van der Waals surface area contributed by atoms with Crippen molar-refractivity contribution in [2.45, 2.75) is 29.2 Å². The van der Waals surface area contributed by atoms with Crippen LogP contribution in [-0.4, -0.2) is 47.6 Å². The first-order valence-electron chi connectivity index (χ1n) is 14.3. The number of halogens is 3. The number of nitrogens with zero attached hydrogens (tertiary/aromatic N) is 3. The number of benzene rings is 3. The van der Waals surface area contributed by atoms with Gasteiger partial charge in [-0.3, -0.25) is 10.1 Å². The highest BCUT2D eigenvalue weighted by molar-refractivity contribution is 7.92. The number of hydrogen-bond acceptors (Lipinski definition) is 9. The van der Waals surface area contributed by atoms with Crippen LogP contribution in [0.3, 0.4) is 0 Å². The summed E-state index contributed by atoms with van der Waals surface area (Å²) in [4.78, 5) is 25.9. The smallest absolute Gasteiger partial charge is 0.324 e. The molecule has 0 unspecified atom stereocenters. The van der Waals surface area contributed by atoms with E-state index in [-0.39, 0.29) is 15.9 Å². The molecule has 14 heteroatoms. The summed E-state index contributed by atoms with van der Waals surface area (Å²) in [6, 6.07) is 16.3. The summed E-state index contributed by atoms with van der Waals surface area (Å²) in [5, 5.41) is 8.75. The molecule has 5 aromatic rings. The Kier molecular flexibility index (Phi) is 8.84. The number of thiazole rings is 1. The highest BCUT2D eigenvalue weighted by atomic mass is 32.2. The maximum absolute atomic E-state index is 13.0. The lowest BCUT2D eigenvalue weighted by Gasteiger charge is -2.22. The van der Waals surface area contributed by atoms with Crippen molar-refractivity contribution in [2.75, 3.05) is 23.7 Å². The Morgan fingerprint density at radius 1 is 0.935 bits per heavy atom. The number of sulfone groups is 1. The van der Waals surface area contributed by atoms with Gasteiger partial charge in [-0.2, -0.15) is 13.2 Å². The van der Waals surface area contributed by atoms with E-state index >= 15 is 0 Å². The normalized spacial score (nSPS) is 14.5. The zero-order valence-corrected chi connectivity index (χ0v) is 25.7. The molecule has 3 N–H and O–H groups in total.